The molecule has 2 heteroatoms. The summed E-state index contributed by atoms with van der Waals surface area (Å²) < 4.78 is 4.77. The second-order valence-corrected chi connectivity index (χ2v) is 3.91. The zero-order valence-corrected chi connectivity index (χ0v) is 11.7. The first-order valence-electron chi connectivity index (χ1n) is 5.79. The number of carbonyl (C=O) groups is 1. The number of esters is 1. The highest BCUT2D eigenvalue weighted by molar-refractivity contribution is 5.82. The Morgan fingerprint density at radius 2 is 1.45 bits per heavy atom. The maximum Gasteiger partial charge on any atom is 0.335 e. The van der Waals surface area contributed by atoms with Crippen LogP contribution in [-0.4, -0.2) is 5.97 Å². The predicted octanol–water partition coefficient (Wildman–Crippen LogP) is 4.03. The summed E-state index contributed by atoms with van der Waals surface area (Å²) in [6.45, 7) is 20.0. The summed E-state index contributed by atoms with van der Waals surface area (Å²) in [5.74, 6) is 5.28. The summed E-state index contributed by atoms with van der Waals surface area (Å²) in [6, 6.07) is 0. The van der Waals surface area contributed by atoms with Crippen molar-refractivity contribution in [3.63, 3.8) is 0 Å². The molecule has 0 bridgehead atoms. The second-order valence-electron chi connectivity index (χ2n) is 3.91. The third-order valence-electron chi connectivity index (χ3n) is 1.82. The molecule has 0 unspecified atom stereocenters. The van der Waals surface area contributed by atoms with E-state index in [0.717, 1.165) is 11.6 Å². The third kappa shape index (κ3) is 9.26. The number of allylic oxidation sites excluding steroid dienone is 7. The largest absolute Gasteiger partial charge is 0.424 e. The highest BCUT2D eigenvalue weighted by atomic mass is 16.5. The molecular weight excluding hydrogens is 248 g/mol. The van der Waals surface area contributed by atoms with Gasteiger partial charge in [-0.1, -0.05) is 56.4 Å². The summed E-state index contributed by atoms with van der Waals surface area (Å²) in [6.07, 6.45) is 7.77. The monoisotopic (exact) mass is 266 g/mol. The van der Waals surface area contributed by atoms with Crippen LogP contribution >= 0.6 is 0 Å². The molecule has 0 radical (unpaired) electrons. The summed E-state index contributed by atoms with van der Waals surface area (Å²) in [5, 5.41) is 0. The minimum absolute atomic E-state index is 0.193. The predicted molar refractivity (Wildman–Crippen MR) is 84.6 cm³/mol. The molecule has 0 saturated carbocycles. The molecule has 2 nitrogen and oxygen atoms in total. The molecule has 0 aromatic heterocycles. The van der Waals surface area contributed by atoms with Crippen LogP contribution in [0.3, 0.4) is 0 Å². The summed E-state index contributed by atoms with van der Waals surface area (Å²) in [5.41, 5.74) is 2.12. The van der Waals surface area contributed by atoms with Gasteiger partial charge in [-0.05, 0) is 25.2 Å². The van der Waals surface area contributed by atoms with Gasteiger partial charge >= 0.3 is 5.97 Å². The van der Waals surface area contributed by atoms with Crippen LogP contribution in [0.25, 0.3) is 0 Å². The first-order chi connectivity index (χ1) is 9.35. The van der Waals surface area contributed by atoms with Crippen LogP contribution in [0.2, 0.25) is 0 Å². The van der Waals surface area contributed by atoms with E-state index in [1.807, 2.05) is 13.0 Å². The standard InChI is InChI=1S/C18H18O2/c1-7-18(19)20-17(6)13-12-16(5)11-10-15(4)9-8-14(2)3/h7-9,12-13H,1-2,4-6H2,3H3/b9-8-,13-12-. The van der Waals surface area contributed by atoms with Crippen molar-refractivity contribution in [2.75, 3.05) is 0 Å². The van der Waals surface area contributed by atoms with Gasteiger partial charge < -0.3 is 4.74 Å². The molecule has 0 aliphatic heterocycles. The molecule has 0 heterocycles. The van der Waals surface area contributed by atoms with Gasteiger partial charge in [0.05, 0.1) is 0 Å². The fourth-order valence-corrected chi connectivity index (χ4v) is 0.885. The number of rotatable bonds is 6. The average Bonchev–Trinajstić information content (AvgIpc) is 2.40. The molecule has 0 fully saturated rings. The minimum atomic E-state index is -0.561. The number of hydrogen-bond donors (Lipinski definition) is 0. The molecule has 0 spiro atoms. The summed E-state index contributed by atoms with van der Waals surface area (Å²) in [7, 11) is 0. The van der Waals surface area contributed by atoms with Gasteiger partial charge in [0.2, 0.25) is 0 Å². The minimum Gasteiger partial charge on any atom is -0.424 e. The van der Waals surface area contributed by atoms with Crippen LogP contribution in [0.4, 0.5) is 0 Å². The molecule has 0 saturated heterocycles. The van der Waals surface area contributed by atoms with Crippen molar-refractivity contribution >= 4 is 5.97 Å². The van der Waals surface area contributed by atoms with Gasteiger partial charge in [0.15, 0.2) is 0 Å². The van der Waals surface area contributed by atoms with Crippen LogP contribution in [0.5, 0.6) is 0 Å². The SMILES string of the molecule is C=CC(=O)OC(=C)/C=C\C(=C)C#CC(=C)/C=C\C(=C)C. The van der Waals surface area contributed by atoms with Gasteiger partial charge in [-0.2, -0.15) is 0 Å². The maximum absolute atomic E-state index is 10.9. The van der Waals surface area contributed by atoms with E-state index in [2.05, 4.69) is 44.7 Å². The smallest absolute Gasteiger partial charge is 0.335 e. The van der Waals surface area contributed by atoms with Gasteiger partial charge in [0, 0.05) is 17.2 Å². The molecule has 0 atom stereocenters. The van der Waals surface area contributed by atoms with E-state index in [-0.39, 0.29) is 5.76 Å². The zero-order valence-electron chi connectivity index (χ0n) is 11.7. The highest BCUT2D eigenvalue weighted by Crippen LogP contribution is 2.01. The first kappa shape index (κ1) is 17.2. The fourth-order valence-electron chi connectivity index (χ4n) is 0.885. The van der Waals surface area contributed by atoms with Crippen LogP contribution in [-0.2, 0) is 9.53 Å². The number of carbonyl (C=O) groups excluding carboxylic acids is 1. The van der Waals surface area contributed by atoms with E-state index >= 15 is 0 Å². The Bertz CT molecular complexity index is 572. The Morgan fingerprint density at radius 3 is 1.90 bits per heavy atom. The normalized spacial score (nSPS) is 9.65. The van der Waals surface area contributed by atoms with Crippen LogP contribution < -0.4 is 0 Å². The average molecular weight is 266 g/mol. The fraction of sp³-hybridized carbons (Fsp3) is 0.0556. The molecule has 0 aromatic carbocycles. The Balaban J connectivity index is 4.47. The quantitative estimate of drug-likeness (QED) is 0.238. The van der Waals surface area contributed by atoms with Crippen molar-refractivity contribution in [1.29, 1.82) is 0 Å². The van der Waals surface area contributed by atoms with Crippen molar-refractivity contribution in [2.24, 2.45) is 0 Å². The van der Waals surface area contributed by atoms with E-state index in [9.17, 15) is 4.79 Å². The lowest BCUT2D eigenvalue weighted by atomic mass is 10.2. The van der Waals surface area contributed by atoms with E-state index in [1.54, 1.807) is 12.2 Å². The van der Waals surface area contributed by atoms with Crippen LogP contribution in [0.15, 0.2) is 85.8 Å². The van der Waals surface area contributed by atoms with Crippen molar-refractivity contribution in [2.45, 2.75) is 6.92 Å². The van der Waals surface area contributed by atoms with E-state index in [0.29, 0.717) is 11.1 Å². The lowest BCUT2D eigenvalue weighted by Crippen LogP contribution is -1.96. The Labute approximate surface area is 120 Å². The third-order valence-corrected chi connectivity index (χ3v) is 1.82. The van der Waals surface area contributed by atoms with Crippen molar-refractivity contribution < 1.29 is 9.53 Å². The molecule has 0 aromatic rings. The zero-order chi connectivity index (χ0) is 15.5. The van der Waals surface area contributed by atoms with Gasteiger partial charge in [-0.25, -0.2) is 4.79 Å². The molecule has 0 aliphatic rings. The molecule has 102 valence electrons. The topological polar surface area (TPSA) is 26.3 Å². The van der Waals surface area contributed by atoms with E-state index in [1.165, 1.54) is 6.08 Å². The van der Waals surface area contributed by atoms with Crippen molar-refractivity contribution in [3.8, 4) is 11.8 Å². The van der Waals surface area contributed by atoms with E-state index in [4.69, 9.17) is 4.74 Å². The van der Waals surface area contributed by atoms with Gasteiger partial charge in [-0.3, -0.25) is 0 Å². The maximum atomic E-state index is 10.9. The lowest BCUT2D eigenvalue weighted by Gasteiger charge is -1.98. The van der Waals surface area contributed by atoms with Crippen molar-refractivity contribution in [3.05, 3.63) is 85.8 Å². The Hall–Kier alpha value is -2.79. The second kappa shape index (κ2) is 9.18. The molecule has 20 heavy (non-hydrogen) atoms. The van der Waals surface area contributed by atoms with Gasteiger partial charge in [0.1, 0.15) is 5.76 Å². The lowest BCUT2D eigenvalue weighted by molar-refractivity contribution is -0.133. The molecular formula is C18H18O2. The molecule has 0 aliphatic carbocycles. The molecule has 0 amide bonds. The van der Waals surface area contributed by atoms with Crippen LogP contribution in [0.1, 0.15) is 6.92 Å². The summed E-state index contributed by atoms with van der Waals surface area (Å²) >= 11 is 0. The Morgan fingerprint density at radius 1 is 0.950 bits per heavy atom. The number of ether oxygens (including phenoxy) is 1. The van der Waals surface area contributed by atoms with Gasteiger partial charge in [0.25, 0.3) is 0 Å². The first-order valence-corrected chi connectivity index (χ1v) is 5.79. The summed E-state index contributed by atoms with van der Waals surface area (Å²) in [4.78, 5) is 10.9. The Kier molecular flexibility index (Phi) is 7.90. The number of hydrogen-bond acceptors (Lipinski definition) is 2. The van der Waals surface area contributed by atoms with Crippen molar-refractivity contribution in [1.82, 2.24) is 0 Å². The molecule has 0 N–H and O–H groups in total. The van der Waals surface area contributed by atoms with Crippen LogP contribution in [0, 0.1) is 11.8 Å². The van der Waals surface area contributed by atoms with E-state index < -0.39 is 5.97 Å². The van der Waals surface area contributed by atoms with Gasteiger partial charge in [-0.15, -0.1) is 0 Å². The highest BCUT2D eigenvalue weighted by Gasteiger charge is 1.95. The molecule has 0 rings (SSSR count).